The van der Waals surface area contributed by atoms with Gasteiger partial charge >= 0.3 is 0 Å². The van der Waals surface area contributed by atoms with Crippen LogP contribution in [0.1, 0.15) is 5.56 Å². The Labute approximate surface area is 122 Å². The van der Waals surface area contributed by atoms with Crippen molar-refractivity contribution >= 4 is 22.4 Å². The van der Waals surface area contributed by atoms with Crippen LogP contribution in [0.3, 0.4) is 0 Å². The van der Waals surface area contributed by atoms with E-state index in [0.717, 1.165) is 22.0 Å². The number of rotatable bonds is 3. The fourth-order valence-corrected chi connectivity index (χ4v) is 2.30. The molecule has 0 heterocycles. The highest BCUT2D eigenvalue weighted by Gasteiger charge is 2.04. The summed E-state index contributed by atoms with van der Waals surface area (Å²) < 4.78 is 0. The van der Waals surface area contributed by atoms with Gasteiger partial charge in [0, 0.05) is 5.69 Å². The Morgan fingerprint density at radius 2 is 1.62 bits per heavy atom. The molecule has 0 aliphatic rings. The third-order valence-corrected chi connectivity index (χ3v) is 3.32. The van der Waals surface area contributed by atoms with E-state index in [1.165, 1.54) is 0 Å². The Hall–Kier alpha value is -2.81. The molecule has 0 aliphatic carbocycles. The highest BCUT2D eigenvalue weighted by Crippen LogP contribution is 2.23. The maximum absolute atomic E-state index is 12.0. The number of carbonyl (C=O) groups is 1. The molecule has 3 heteroatoms. The Morgan fingerprint density at radius 3 is 2.43 bits per heavy atom. The lowest BCUT2D eigenvalue weighted by Gasteiger charge is -2.07. The van der Waals surface area contributed by atoms with Crippen LogP contribution in [-0.2, 0) is 11.2 Å². The summed E-state index contributed by atoms with van der Waals surface area (Å²) in [5.41, 5.74) is 1.75. The van der Waals surface area contributed by atoms with Crippen molar-refractivity contribution in [3.63, 3.8) is 0 Å². The minimum atomic E-state index is -0.0423. The van der Waals surface area contributed by atoms with Crippen LogP contribution in [0.4, 0.5) is 5.69 Å². The second-order valence-electron chi connectivity index (χ2n) is 4.96. The van der Waals surface area contributed by atoms with E-state index in [-0.39, 0.29) is 11.7 Å². The summed E-state index contributed by atoms with van der Waals surface area (Å²) in [5, 5.41) is 14.3. The van der Waals surface area contributed by atoms with Gasteiger partial charge in [-0.25, -0.2) is 0 Å². The number of amides is 1. The summed E-state index contributed by atoms with van der Waals surface area (Å²) >= 11 is 0. The number of hydrogen-bond donors (Lipinski definition) is 2. The van der Waals surface area contributed by atoms with Crippen molar-refractivity contribution in [3.05, 3.63) is 72.3 Å². The molecule has 0 radical (unpaired) electrons. The summed E-state index contributed by atoms with van der Waals surface area (Å²) in [6, 6.07) is 20.4. The van der Waals surface area contributed by atoms with E-state index in [1.807, 2.05) is 54.6 Å². The highest BCUT2D eigenvalue weighted by molar-refractivity contribution is 5.95. The smallest absolute Gasteiger partial charge is 0.228 e. The van der Waals surface area contributed by atoms with E-state index in [0.29, 0.717) is 6.42 Å². The molecule has 3 rings (SSSR count). The molecule has 3 nitrogen and oxygen atoms in total. The number of nitrogens with one attached hydrogen (secondary N) is 1. The van der Waals surface area contributed by atoms with Crippen molar-refractivity contribution in [1.29, 1.82) is 0 Å². The fraction of sp³-hybridized carbons (Fsp3) is 0.0556. The van der Waals surface area contributed by atoms with Crippen LogP contribution in [0.2, 0.25) is 0 Å². The first kappa shape index (κ1) is 13.2. The zero-order valence-electron chi connectivity index (χ0n) is 11.4. The SMILES string of the molecule is O=C(Cc1ccccc1)Nc1ccc2cc(O)ccc2c1. The van der Waals surface area contributed by atoms with Crippen molar-refractivity contribution in [2.75, 3.05) is 5.32 Å². The van der Waals surface area contributed by atoms with Crippen LogP contribution in [0.25, 0.3) is 10.8 Å². The van der Waals surface area contributed by atoms with Crippen LogP contribution >= 0.6 is 0 Å². The quantitative estimate of drug-likeness (QED) is 0.766. The molecule has 3 aromatic carbocycles. The third-order valence-electron chi connectivity index (χ3n) is 3.32. The Morgan fingerprint density at radius 1 is 0.905 bits per heavy atom. The van der Waals surface area contributed by atoms with Gasteiger partial charge in [-0.2, -0.15) is 0 Å². The van der Waals surface area contributed by atoms with Crippen LogP contribution in [0.5, 0.6) is 5.75 Å². The summed E-state index contributed by atoms with van der Waals surface area (Å²) in [6.45, 7) is 0. The second kappa shape index (κ2) is 5.67. The van der Waals surface area contributed by atoms with Gasteiger partial charge in [0.1, 0.15) is 5.75 Å². The molecule has 0 saturated carbocycles. The van der Waals surface area contributed by atoms with E-state index in [1.54, 1.807) is 12.1 Å². The first-order valence-electron chi connectivity index (χ1n) is 6.77. The first-order chi connectivity index (χ1) is 10.2. The van der Waals surface area contributed by atoms with Gasteiger partial charge in [-0.1, -0.05) is 42.5 Å². The molecular formula is C18H15NO2. The van der Waals surface area contributed by atoms with Gasteiger partial charge in [0.25, 0.3) is 0 Å². The van der Waals surface area contributed by atoms with Crippen LogP contribution in [-0.4, -0.2) is 11.0 Å². The number of hydrogen-bond acceptors (Lipinski definition) is 2. The van der Waals surface area contributed by atoms with Gasteiger partial charge in [0.05, 0.1) is 6.42 Å². The van der Waals surface area contributed by atoms with E-state index in [9.17, 15) is 9.90 Å². The molecule has 0 aromatic heterocycles. The van der Waals surface area contributed by atoms with Gasteiger partial charge < -0.3 is 10.4 Å². The normalized spacial score (nSPS) is 10.5. The topological polar surface area (TPSA) is 49.3 Å². The number of carbonyl (C=O) groups excluding carboxylic acids is 1. The van der Waals surface area contributed by atoms with Gasteiger partial charge in [-0.05, 0) is 40.6 Å². The van der Waals surface area contributed by atoms with Gasteiger partial charge in [0.15, 0.2) is 0 Å². The predicted octanol–water partition coefficient (Wildman–Crippen LogP) is 3.73. The zero-order chi connectivity index (χ0) is 14.7. The molecule has 0 bridgehead atoms. The lowest BCUT2D eigenvalue weighted by Crippen LogP contribution is -2.14. The van der Waals surface area contributed by atoms with E-state index < -0.39 is 0 Å². The fourth-order valence-electron chi connectivity index (χ4n) is 2.30. The van der Waals surface area contributed by atoms with Gasteiger partial charge in [0.2, 0.25) is 5.91 Å². The molecule has 21 heavy (non-hydrogen) atoms. The summed E-state index contributed by atoms with van der Waals surface area (Å²) in [5.74, 6) is 0.197. The molecule has 0 spiro atoms. The Kier molecular flexibility index (Phi) is 3.56. The molecule has 104 valence electrons. The van der Waals surface area contributed by atoms with Crippen molar-refractivity contribution in [1.82, 2.24) is 0 Å². The molecule has 1 amide bonds. The minimum absolute atomic E-state index is 0.0423. The lowest BCUT2D eigenvalue weighted by atomic mass is 10.1. The number of phenolic OH excluding ortho intramolecular Hbond substituents is 1. The number of aromatic hydroxyl groups is 1. The monoisotopic (exact) mass is 277 g/mol. The largest absolute Gasteiger partial charge is 0.508 e. The van der Waals surface area contributed by atoms with E-state index in [2.05, 4.69) is 5.32 Å². The first-order valence-corrected chi connectivity index (χ1v) is 6.77. The van der Waals surface area contributed by atoms with Crippen LogP contribution in [0, 0.1) is 0 Å². The molecule has 0 unspecified atom stereocenters. The van der Waals surface area contributed by atoms with Gasteiger partial charge in [-0.15, -0.1) is 0 Å². The van der Waals surface area contributed by atoms with Crippen molar-refractivity contribution in [3.8, 4) is 5.75 Å². The Balaban J connectivity index is 1.75. The molecule has 0 aliphatic heterocycles. The highest BCUT2D eigenvalue weighted by atomic mass is 16.3. The lowest BCUT2D eigenvalue weighted by molar-refractivity contribution is -0.115. The van der Waals surface area contributed by atoms with Crippen LogP contribution in [0.15, 0.2) is 66.7 Å². The average molecular weight is 277 g/mol. The summed E-state index contributed by atoms with van der Waals surface area (Å²) in [7, 11) is 0. The van der Waals surface area contributed by atoms with Crippen molar-refractivity contribution in [2.24, 2.45) is 0 Å². The molecule has 3 aromatic rings. The van der Waals surface area contributed by atoms with Crippen LogP contribution < -0.4 is 5.32 Å². The number of benzene rings is 3. The number of phenols is 1. The standard InChI is InChI=1S/C18H15NO2/c20-17-9-7-14-11-16(8-6-15(14)12-17)19-18(21)10-13-4-2-1-3-5-13/h1-9,11-12,20H,10H2,(H,19,21). The average Bonchev–Trinajstić information content (AvgIpc) is 2.48. The van der Waals surface area contributed by atoms with E-state index >= 15 is 0 Å². The maximum atomic E-state index is 12.0. The second-order valence-corrected chi connectivity index (χ2v) is 4.96. The number of anilines is 1. The van der Waals surface area contributed by atoms with Crippen molar-refractivity contribution in [2.45, 2.75) is 6.42 Å². The summed E-state index contributed by atoms with van der Waals surface area (Å²) in [6.07, 6.45) is 0.356. The molecular weight excluding hydrogens is 262 g/mol. The molecule has 0 fully saturated rings. The maximum Gasteiger partial charge on any atom is 0.228 e. The number of fused-ring (bicyclic) bond motifs is 1. The third kappa shape index (κ3) is 3.20. The minimum Gasteiger partial charge on any atom is -0.508 e. The zero-order valence-corrected chi connectivity index (χ0v) is 11.4. The van der Waals surface area contributed by atoms with E-state index in [4.69, 9.17) is 0 Å². The summed E-state index contributed by atoms with van der Waals surface area (Å²) in [4.78, 5) is 12.0. The molecule has 0 atom stereocenters. The van der Waals surface area contributed by atoms with Gasteiger partial charge in [-0.3, -0.25) is 4.79 Å². The Bertz CT molecular complexity index is 782. The molecule has 2 N–H and O–H groups in total. The predicted molar refractivity (Wildman–Crippen MR) is 84.4 cm³/mol. The van der Waals surface area contributed by atoms with Crippen molar-refractivity contribution < 1.29 is 9.90 Å². The molecule has 0 saturated heterocycles.